The fraction of sp³-hybridized carbons (Fsp3) is 0.111. The highest BCUT2D eigenvalue weighted by Crippen LogP contribution is 2.22. The van der Waals surface area contributed by atoms with Crippen molar-refractivity contribution in [2.75, 3.05) is 0 Å². The summed E-state index contributed by atoms with van der Waals surface area (Å²) >= 11 is 1.54. The second-order valence-electron chi connectivity index (χ2n) is 2.57. The third kappa shape index (κ3) is 3.43. The van der Waals surface area contributed by atoms with Gasteiger partial charge >= 0.3 is 0 Å². The monoisotopic (exact) mass is 263 g/mol. The maximum absolute atomic E-state index is 5.45. The van der Waals surface area contributed by atoms with Crippen molar-refractivity contribution in [3.63, 3.8) is 0 Å². The zero-order valence-electron chi connectivity index (χ0n) is 7.79. The Balaban J connectivity index is 0.000000980. The minimum absolute atomic E-state index is 0. The van der Waals surface area contributed by atoms with Crippen LogP contribution < -0.4 is 5.73 Å². The van der Waals surface area contributed by atoms with Crippen LogP contribution in [0.2, 0.25) is 0 Å². The molecule has 0 fully saturated rings. The number of benzene rings is 1. The maximum Gasteiger partial charge on any atom is 0.147 e. The van der Waals surface area contributed by atoms with Gasteiger partial charge in [-0.3, -0.25) is 0 Å². The molecule has 6 heteroatoms. The average molecular weight is 264 g/mol. The van der Waals surface area contributed by atoms with Crippen molar-refractivity contribution in [1.82, 2.24) is 10.2 Å². The maximum atomic E-state index is 5.45. The molecule has 0 aliphatic heterocycles. The second kappa shape index (κ2) is 6.74. The van der Waals surface area contributed by atoms with Crippen molar-refractivity contribution in [3.05, 3.63) is 35.3 Å². The van der Waals surface area contributed by atoms with Gasteiger partial charge in [0, 0.05) is 12.1 Å². The molecule has 1 aromatic carbocycles. The van der Waals surface area contributed by atoms with Gasteiger partial charge in [0.1, 0.15) is 10.0 Å². The van der Waals surface area contributed by atoms with E-state index in [2.05, 4.69) is 10.2 Å². The first-order valence-corrected chi connectivity index (χ1v) is 4.79. The molecular formula is C9H11Cl2N3S. The summed E-state index contributed by atoms with van der Waals surface area (Å²) in [6.45, 7) is 0.463. The van der Waals surface area contributed by atoms with Gasteiger partial charge in [0.25, 0.3) is 0 Å². The molecule has 0 saturated heterocycles. The lowest BCUT2D eigenvalue weighted by Crippen LogP contribution is -1.94. The lowest BCUT2D eigenvalue weighted by atomic mass is 10.2. The van der Waals surface area contributed by atoms with Crippen molar-refractivity contribution >= 4 is 36.2 Å². The van der Waals surface area contributed by atoms with E-state index < -0.39 is 0 Å². The first kappa shape index (κ1) is 14.3. The molecule has 0 unspecified atom stereocenters. The highest BCUT2D eigenvalue weighted by atomic mass is 35.5. The Morgan fingerprint density at radius 3 is 2.27 bits per heavy atom. The van der Waals surface area contributed by atoms with Crippen LogP contribution in [0.25, 0.3) is 10.6 Å². The number of rotatable bonds is 2. The number of nitrogens with zero attached hydrogens (tertiary/aromatic N) is 2. The van der Waals surface area contributed by atoms with E-state index in [1.54, 1.807) is 0 Å². The third-order valence-corrected chi connectivity index (χ3v) is 2.66. The Labute approximate surface area is 105 Å². The topological polar surface area (TPSA) is 51.8 Å². The molecule has 1 heterocycles. The zero-order chi connectivity index (χ0) is 9.10. The third-order valence-electron chi connectivity index (χ3n) is 1.66. The zero-order valence-corrected chi connectivity index (χ0v) is 10.2. The van der Waals surface area contributed by atoms with Gasteiger partial charge in [-0.05, 0) is 0 Å². The average Bonchev–Trinajstić information content (AvgIpc) is 2.67. The van der Waals surface area contributed by atoms with Gasteiger partial charge < -0.3 is 5.73 Å². The molecule has 3 nitrogen and oxygen atoms in total. The van der Waals surface area contributed by atoms with E-state index in [9.17, 15) is 0 Å². The van der Waals surface area contributed by atoms with E-state index in [0.717, 1.165) is 15.6 Å². The first-order chi connectivity index (χ1) is 6.40. The van der Waals surface area contributed by atoms with Crippen LogP contribution in [0.1, 0.15) is 5.01 Å². The molecule has 15 heavy (non-hydrogen) atoms. The summed E-state index contributed by atoms with van der Waals surface area (Å²) < 4.78 is 0. The summed E-state index contributed by atoms with van der Waals surface area (Å²) in [5.74, 6) is 0. The number of nitrogens with two attached hydrogens (primary N) is 1. The second-order valence-corrected chi connectivity index (χ2v) is 3.63. The molecule has 0 spiro atoms. The highest BCUT2D eigenvalue weighted by molar-refractivity contribution is 7.14. The summed E-state index contributed by atoms with van der Waals surface area (Å²) in [5, 5.41) is 9.81. The summed E-state index contributed by atoms with van der Waals surface area (Å²) in [5.41, 5.74) is 6.55. The van der Waals surface area contributed by atoms with Gasteiger partial charge in [0.2, 0.25) is 0 Å². The normalized spacial score (nSPS) is 8.87. The van der Waals surface area contributed by atoms with Crippen LogP contribution in [-0.2, 0) is 6.54 Å². The summed E-state index contributed by atoms with van der Waals surface area (Å²) in [6, 6.07) is 9.98. The van der Waals surface area contributed by atoms with Crippen LogP contribution in [0.15, 0.2) is 30.3 Å². The molecule has 0 saturated carbocycles. The molecule has 0 amide bonds. The van der Waals surface area contributed by atoms with Crippen LogP contribution in [-0.4, -0.2) is 10.2 Å². The predicted molar refractivity (Wildman–Crippen MR) is 67.7 cm³/mol. The summed E-state index contributed by atoms with van der Waals surface area (Å²) in [4.78, 5) is 0. The predicted octanol–water partition coefficient (Wildman–Crippen LogP) is 2.51. The fourth-order valence-corrected chi connectivity index (χ4v) is 1.76. The van der Waals surface area contributed by atoms with Crippen LogP contribution >= 0.6 is 36.2 Å². The van der Waals surface area contributed by atoms with Crippen molar-refractivity contribution < 1.29 is 0 Å². The Morgan fingerprint density at radius 1 is 1.07 bits per heavy atom. The molecule has 0 bridgehead atoms. The van der Waals surface area contributed by atoms with Gasteiger partial charge in [-0.1, -0.05) is 41.7 Å². The standard InChI is InChI=1S/C9H9N3S.2ClH/c10-6-8-11-12-9(13-8)7-4-2-1-3-5-7;;/h1-5H,6,10H2;2*1H. The molecule has 2 aromatic rings. The molecule has 1 aromatic heterocycles. The van der Waals surface area contributed by atoms with Gasteiger partial charge in [0.05, 0.1) is 0 Å². The number of aromatic nitrogens is 2. The van der Waals surface area contributed by atoms with Crippen LogP contribution in [0, 0.1) is 0 Å². The molecule has 0 radical (unpaired) electrons. The molecule has 2 N–H and O–H groups in total. The van der Waals surface area contributed by atoms with E-state index in [1.807, 2.05) is 30.3 Å². The molecule has 0 aliphatic carbocycles. The first-order valence-electron chi connectivity index (χ1n) is 3.98. The van der Waals surface area contributed by atoms with E-state index in [0.29, 0.717) is 6.54 Å². The Morgan fingerprint density at radius 2 is 1.73 bits per heavy atom. The SMILES string of the molecule is Cl.Cl.NCc1nnc(-c2ccccc2)s1. The lowest BCUT2D eigenvalue weighted by molar-refractivity contribution is 0.960. The largest absolute Gasteiger partial charge is 0.324 e. The Kier molecular flexibility index (Phi) is 6.43. The van der Waals surface area contributed by atoms with E-state index >= 15 is 0 Å². The van der Waals surface area contributed by atoms with Crippen molar-refractivity contribution in [1.29, 1.82) is 0 Å². The number of hydrogen-bond donors (Lipinski definition) is 1. The molecular weight excluding hydrogens is 253 g/mol. The highest BCUT2D eigenvalue weighted by Gasteiger charge is 2.03. The van der Waals surface area contributed by atoms with Crippen molar-refractivity contribution in [2.24, 2.45) is 5.73 Å². The fourth-order valence-electron chi connectivity index (χ4n) is 1.03. The van der Waals surface area contributed by atoms with Crippen LogP contribution in [0.5, 0.6) is 0 Å². The lowest BCUT2D eigenvalue weighted by Gasteiger charge is -1.91. The van der Waals surface area contributed by atoms with E-state index in [-0.39, 0.29) is 24.8 Å². The van der Waals surface area contributed by atoms with Crippen molar-refractivity contribution in [3.8, 4) is 10.6 Å². The van der Waals surface area contributed by atoms with Gasteiger partial charge in [-0.25, -0.2) is 0 Å². The van der Waals surface area contributed by atoms with E-state index in [4.69, 9.17) is 5.73 Å². The minimum Gasteiger partial charge on any atom is -0.324 e. The van der Waals surface area contributed by atoms with E-state index in [1.165, 1.54) is 11.3 Å². The summed E-state index contributed by atoms with van der Waals surface area (Å²) in [6.07, 6.45) is 0. The van der Waals surface area contributed by atoms with Gasteiger partial charge in [-0.15, -0.1) is 35.0 Å². The summed E-state index contributed by atoms with van der Waals surface area (Å²) in [7, 11) is 0. The molecule has 0 atom stereocenters. The van der Waals surface area contributed by atoms with Gasteiger partial charge in [0.15, 0.2) is 0 Å². The quantitative estimate of drug-likeness (QED) is 0.906. The smallest absolute Gasteiger partial charge is 0.147 e. The number of hydrogen-bond acceptors (Lipinski definition) is 4. The van der Waals surface area contributed by atoms with Gasteiger partial charge in [-0.2, -0.15) is 0 Å². The molecule has 0 aliphatic rings. The Bertz CT molecular complexity index is 391. The van der Waals surface area contributed by atoms with Crippen LogP contribution in [0.4, 0.5) is 0 Å². The molecule has 2 rings (SSSR count). The minimum atomic E-state index is 0. The van der Waals surface area contributed by atoms with Crippen molar-refractivity contribution in [2.45, 2.75) is 6.54 Å². The number of halogens is 2. The Hall–Kier alpha value is -0.680. The molecule has 82 valence electrons. The van der Waals surface area contributed by atoms with Crippen LogP contribution in [0.3, 0.4) is 0 Å².